The van der Waals surface area contributed by atoms with Crippen molar-refractivity contribution in [1.29, 1.82) is 0 Å². The van der Waals surface area contributed by atoms with Crippen LogP contribution in [0.15, 0.2) is 41.2 Å². The van der Waals surface area contributed by atoms with Gasteiger partial charge in [0.2, 0.25) is 11.8 Å². The Morgan fingerprint density at radius 2 is 1.92 bits per heavy atom. The van der Waals surface area contributed by atoms with Crippen molar-refractivity contribution >= 4 is 40.5 Å². The van der Waals surface area contributed by atoms with Crippen LogP contribution in [0.5, 0.6) is 0 Å². The lowest BCUT2D eigenvalue weighted by Crippen LogP contribution is -2.44. The molecule has 14 nitrogen and oxygen atoms in total. The first-order valence-corrected chi connectivity index (χ1v) is 16.0. The Hall–Kier alpha value is -5.67. The Morgan fingerprint density at radius 1 is 1.16 bits per heavy atom. The largest absolute Gasteiger partial charge is 0.458 e. The highest BCUT2D eigenvalue weighted by Gasteiger charge is 2.37. The monoisotopic (exact) mass is 684 g/mol. The summed E-state index contributed by atoms with van der Waals surface area (Å²) in [4.78, 5) is 67.5. The molecule has 258 valence electrons. The van der Waals surface area contributed by atoms with Crippen molar-refractivity contribution in [1.82, 2.24) is 20.2 Å². The lowest BCUT2D eigenvalue weighted by atomic mass is 9.82. The number of alkyl carbamates (subject to hydrolysis) is 1. The van der Waals surface area contributed by atoms with Crippen molar-refractivity contribution in [3.63, 3.8) is 0 Å². The van der Waals surface area contributed by atoms with Crippen LogP contribution in [0.1, 0.15) is 64.4 Å². The highest BCUT2D eigenvalue weighted by molar-refractivity contribution is 5.97. The molecule has 15 heteroatoms. The average molecular weight is 685 g/mol. The van der Waals surface area contributed by atoms with Crippen LogP contribution in [0, 0.1) is 12.7 Å². The molecule has 0 saturated heterocycles. The summed E-state index contributed by atoms with van der Waals surface area (Å²) < 4.78 is 27.2. The molecule has 6 N–H and O–H groups in total. The van der Waals surface area contributed by atoms with E-state index in [-0.39, 0.29) is 37.4 Å². The van der Waals surface area contributed by atoms with Crippen LogP contribution in [0.3, 0.4) is 0 Å². The maximum atomic E-state index is 15.1. The van der Waals surface area contributed by atoms with Gasteiger partial charge in [0.1, 0.15) is 25.1 Å². The standard InChI is InChI=1S/C35H33FN6O8/c1-15-19-7-8-24(41-35(48)50-13-17-3-5-18(6-4-17)39-32(45)16(2)38-27(43)11-37)29-21-12-42-26(30(21)40-25(28(19)29)10-23(15)36)9-20-22(33(42)46)14-49-34(47)31(20)44/h3-6,9-10,16,24,31,44H,7-8,11-14,37H2,1-2H3,(H,38,43)(H,39,45)(H,41,48)/t16-,24?,31-/m0/s1. The second-order valence-electron chi connectivity index (χ2n) is 12.6. The number of hydrogen-bond acceptors (Lipinski definition) is 10. The van der Waals surface area contributed by atoms with E-state index in [2.05, 4.69) is 16.0 Å². The molecule has 3 atom stereocenters. The normalized spacial score (nSPS) is 17.6. The number of carbonyl (C=O) groups is 4. The number of halogens is 1. The van der Waals surface area contributed by atoms with Gasteiger partial charge in [-0.05, 0) is 67.1 Å². The predicted octanol–water partition coefficient (Wildman–Crippen LogP) is 2.28. The van der Waals surface area contributed by atoms with Crippen molar-refractivity contribution in [2.45, 2.75) is 64.6 Å². The number of nitrogens with two attached hydrogens (primary N) is 1. The summed E-state index contributed by atoms with van der Waals surface area (Å²) in [5.74, 6) is -2.15. The van der Waals surface area contributed by atoms with Gasteiger partial charge in [-0.2, -0.15) is 0 Å². The number of fused-ring (bicyclic) bond motifs is 5. The van der Waals surface area contributed by atoms with Gasteiger partial charge < -0.3 is 40.8 Å². The third kappa shape index (κ3) is 5.63. The summed E-state index contributed by atoms with van der Waals surface area (Å²) in [5, 5.41) is 19.3. The van der Waals surface area contributed by atoms with Gasteiger partial charge in [-0.25, -0.2) is 19.0 Å². The van der Waals surface area contributed by atoms with E-state index in [1.165, 1.54) is 17.6 Å². The first kappa shape index (κ1) is 32.9. The summed E-state index contributed by atoms with van der Waals surface area (Å²) in [5.41, 5.74) is 10.1. The number of pyridine rings is 2. The van der Waals surface area contributed by atoms with Crippen molar-refractivity contribution in [3.8, 4) is 11.4 Å². The first-order chi connectivity index (χ1) is 23.9. The van der Waals surface area contributed by atoms with Crippen LogP contribution in [-0.4, -0.2) is 51.1 Å². The van der Waals surface area contributed by atoms with E-state index in [1.807, 2.05) is 0 Å². The Kier molecular flexibility index (Phi) is 8.32. The summed E-state index contributed by atoms with van der Waals surface area (Å²) in [6.45, 7) is 2.78. The fourth-order valence-corrected chi connectivity index (χ4v) is 6.88. The zero-order valence-corrected chi connectivity index (χ0v) is 27.1. The number of esters is 1. The number of ether oxygens (including phenoxy) is 2. The number of amides is 3. The fourth-order valence-electron chi connectivity index (χ4n) is 6.88. The smallest absolute Gasteiger partial charge is 0.407 e. The molecule has 2 aliphatic heterocycles. The Labute approximate surface area is 283 Å². The number of aromatic nitrogens is 2. The molecule has 2 aromatic carbocycles. The van der Waals surface area contributed by atoms with Crippen molar-refractivity contribution < 1.29 is 38.1 Å². The summed E-state index contributed by atoms with van der Waals surface area (Å²) in [7, 11) is 0. The van der Waals surface area contributed by atoms with E-state index in [4.69, 9.17) is 20.2 Å². The number of cyclic esters (lactones) is 1. The summed E-state index contributed by atoms with van der Waals surface area (Å²) in [6.07, 6.45) is -1.42. The number of carbonyl (C=O) groups excluding carboxylic acids is 4. The Bertz CT molecular complexity index is 2180. The molecule has 0 bridgehead atoms. The van der Waals surface area contributed by atoms with E-state index in [0.717, 1.165) is 5.56 Å². The minimum Gasteiger partial charge on any atom is -0.458 e. The predicted molar refractivity (Wildman–Crippen MR) is 176 cm³/mol. The van der Waals surface area contributed by atoms with Crippen molar-refractivity contribution in [2.24, 2.45) is 5.73 Å². The van der Waals surface area contributed by atoms with Gasteiger partial charge in [0.15, 0.2) is 6.10 Å². The molecule has 7 rings (SSSR count). The number of nitrogens with one attached hydrogen (secondary N) is 3. The molecule has 4 aromatic rings. The molecule has 3 aliphatic rings. The number of anilines is 1. The van der Waals surface area contributed by atoms with Gasteiger partial charge in [0.05, 0.1) is 41.6 Å². The highest BCUT2D eigenvalue weighted by atomic mass is 19.1. The van der Waals surface area contributed by atoms with Gasteiger partial charge in [-0.15, -0.1) is 0 Å². The minimum absolute atomic E-state index is 0.0734. The third-order valence-electron chi connectivity index (χ3n) is 9.49. The minimum atomic E-state index is -1.62. The van der Waals surface area contributed by atoms with Gasteiger partial charge in [-0.3, -0.25) is 14.4 Å². The maximum Gasteiger partial charge on any atom is 0.407 e. The van der Waals surface area contributed by atoms with Crippen LogP contribution in [0.4, 0.5) is 14.9 Å². The van der Waals surface area contributed by atoms with Gasteiger partial charge in [0.25, 0.3) is 5.56 Å². The SMILES string of the molecule is Cc1c(F)cc2nc3c(c4c2c1CCC4NC(=O)OCc1ccc(NC(=O)[C@H](C)NC(=O)CN)cc1)Cn1c-3cc2c(c1=O)COC(=O)[C@H]2O. The Morgan fingerprint density at radius 3 is 2.66 bits per heavy atom. The lowest BCUT2D eigenvalue weighted by molar-refractivity contribution is -0.157. The topological polar surface area (TPSA) is 204 Å². The van der Waals surface area contributed by atoms with E-state index >= 15 is 4.39 Å². The number of rotatable bonds is 7. The fraction of sp³-hybridized carbons (Fsp3) is 0.314. The molecule has 4 heterocycles. The molecule has 50 heavy (non-hydrogen) atoms. The molecule has 0 saturated carbocycles. The number of benzene rings is 2. The Balaban J connectivity index is 1.13. The summed E-state index contributed by atoms with van der Waals surface area (Å²) >= 11 is 0. The molecule has 1 aliphatic carbocycles. The first-order valence-electron chi connectivity index (χ1n) is 16.0. The second kappa shape index (κ2) is 12.7. The van der Waals surface area contributed by atoms with Crippen molar-refractivity contribution in [3.05, 3.63) is 91.5 Å². The molecule has 0 fully saturated rings. The molecular formula is C35H33FN6O8. The maximum absolute atomic E-state index is 15.1. The molecule has 0 radical (unpaired) electrons. The van der Waals surface area contributed by atoms with Crippen molar-refractivity contribution in [2.75, 3.05) is 11.9 Å². The van der Waals surface area contributed by atoms with E-state index in [9.17, 15) is 29.1 Å². The summed E-state index contributed by atoms with van der Waals surface area (Å²) in [6, 6.07) is 8.20. The molecule has 0 spiro atoms. The molecule has 3 amide bonds. The van der Waals surface area contributed by atoms with Crippen LogP contribution in [0.2, 0.25) is 0 Å². The zero-order valence-electron chi connectivity index (χ0n) is 27.1. The van der Waals surface area contributed by atoms with Gasteiger partial charge in [-0.1, -0.05) is 12.1 Å². The average Bonchev–Trinajstić information content (AvgIpc) is 3.47. The number of aliphatic hydroxyl groups excluding tert-OH is 1. The third-order valence-corrected chi connectivity index (χ3v) is 9.49. The molecule has 2 aromatic heterocycles. The van der Waals surface area contributed by atoms with Crippen LogP contribution < -0.4 is 27.2 Å². The molecule has 1 unspecified atom stereocenters. The van der Waals surface area contributed by atoms with E-state index in [1.54, 1.807) is 37.3 Å². The second-order valence-corrected chi connectivity index (χ2v) is 12.6. The van der Waals surface area contributed by atoms with Crippen LogP contribution in [0.25, 0.3) is 22.3 Å². The van der Waals surface area contributed by atoms with Gasteiger partial charge in [0, 0.05) is 28.3 Å². The number of aliphatic hydroxyl groups is 1. The van der Waals surface area contributed by atoms with E-state index in [0.29, 0.717) is 63.1 Å². The van der Waals surface area contributed by atoms with Crippen LogP contribution in [-0.2, 0) is 50.0 Å². The number of hydrogen-bond donors (Lipinski definition) is 5. The number of nitrogens with zero attached hydrogens (tertiary/aromatic N) is 2. The quantitative estimate of drug-likeness (QED) is 0.158. The zero-order chi connectivity index (χ0) is 35.4. The van der Waals surface area contributed by atoms with Gasteiger partial charge >= 0.3 is 12.1 Å². The highest BCUT2D eigenvalue weighted by Crippen LogP contribution is 2.45. The number of aryl methyl sites for hydroxylation is 1. The molecular weight excluding hydrogens is 651 g/mol. The van der Waals surface area contributed by atoms with Crippen LogP contribution >= 0.6 is 0 Å². The lowest BCUT2D eigenvalue weighted by Gasteiger charge is -2.29. The van der Waals surface area contributed by atoms with E-state index < -0.39 is 53.4 Å².